The first-order valence-electron chi connectivity index (χ1n) is 5.37. The molecule has 0 fully saturated rings. The fourth-order valence-corrected chi connectivity index (χ4v) is 3.51. The molecular weight excluding hydrogens is 395 g/mol. The first kappa shape index (κ1) is 17.7. The fraction of sp³-hybridized carbons (Fsp3) is 0.364. The molecule has 0 amide bonds. The van der Waals surface area contributed by atoms with Gasteiger partial charge in [-0.3, -0.25) is 0 Å². The van der Waals surface area contributed by atoms with Crippen LogP contribution in [0.1, 0.15) is 16.8 Å². The van der Waals surface area contributed by atoms with Crippen LogP contribution in [0, 0.1) is 0 Å². The molecule has 0 bridgehead atoms. The lowest BCUT2D eigenvalue weighted by Gasteiger charge is -2.09. The van der Waals surface area contributed by atoms with Crippen molar-refractivity contribution in [1.29, 1.82) is 0 Å². The first-order chi connectivity index (χ1) is 9.27. The highest BCUT2D eigenvalue weighted by Crippen LogP contribution is 2.32. The molecule has 0 aliphatic rings. The summed E-state index contributed by atoms with van der Waals surface area (Å²) in [7, 11) is 2.73. The van der Waals surface area contributed by atoms with Gasteiger partial charge in [-0.15, -0.1) is 0 Å². The highest BCUT2D eigenvalue weighted by molar-refractivity contribution is 9.10. The summed E-state index contributed by atoms with van der Waals surface area (Å²) >= 11 is 8.98. The maximum Gasteiger partial charge on any atom is 0.339 e. The predicted octanol–water partition coefficient (Wildman–Crippen LogP) is 3.22. The number of rotatable bonds is 6. The Bertz CT molecular complexity index is 603. The lowest BCUT2D eigenvalue weighted by atomic mass is 10.2. The molecule has 0 radical (unpaired) electrons. The van der Waals surface area contributed by atoms with Crippen molar-refractivity contribution >= 4 is 53.2 Å². The van der Waals surface area contributed by atoms with Crippen molar-refractivity contribution in [3.8, 4) is 0 Å². The summed E-state index contributed by atoms with van der Waals surface area (Å²) in [5, 5.41) is -0.264. The molecule has 0 N–H and O–H groups in total. The van der Waals surface area contributed by atoms with Gasteiger partial charge in [0.1, 0.15) is 4.90 Å². The first-order valence-corrected chi connectivity index (χ1v) is 8.85. The molecule has 0 heterocycles. The molecule has 1 aromatic carbocycles. The maximum atomic E-state index is 11.9. The zero-order chi connectivity index (χ0) is 15.3. The largest absolute Gasteiger partial charge is 0.462 e. The van der Waals surface area contributed by atoms with Crippen molar-refractivity contribution in [3.05, 3.63) is 27.2 Å². The van der Waals surface area contributed by atoms with Crippen LogP contribution in [0.25, 0.3) is 0 Å². The molecule has 0 saturated heterocycles. The van der Waals surface area contributed by atoms with Crippen molar-refractivity contribution in [2.75, 3.05) is 20.3 Å². The fourth-order valence-electron chi connectivity index (χ4n) is 1.34. The highest BCUT2D eigenvalue weighted by Gasteiger charge is 2.22. The Morgan fingerprint density at radius 2 is 2.00 bits per heavy atom. The molecule has 0 aliphatic heterocycles. The third-order valence-corrected chi connectivity index (χ3v) is 4.54. The summed E-state index contributed by atoms with van der Waals surface area (Å²) in [6, 6.07) is 2.58. The zero-order valence-electron chi connectivity index (χ0n) is 10.4. The number of hydrogen-bond acceptors (Lipinski definition) is 5. The van der Waals surface area contributed by atoms with E-state index >= 15 is 0 Å². The molecule has 9 heteroatoms. The maximum absolute atomic E-state index is 11.9. The van der Waals surface area contributed by atoms with Gasteiger partial charge in [0.25, 0.3) is 9.05 Å². The van der Waals surface area contributed by atoms with Crippen molar-refractivity contribution in [1.82, 2.24) is 0 Å². The summed E-state index contributed by atoms with van der Waals surface area (Å²) in [4.78, 5) is 11.5. The molecule has 20 heavy (non-hydrogen) atoms. The van der Waals surface area contributed by atoms with Crippen LogP contribution in [0.4, 0.5) is 0 Å². The van der Waals surface area contributed by atoms with Crippen molar-refractivity contribution in [3.63, 3.8) is 0 Å². The number of carbonyl (C=O) groups excluding carboxylic acids is 1. The van der Waals surface area contributed by atoms with Crippen LogP contribution >= 0.6 is 38.2 Å². The van der Waals surface area contributed by atoms with Gasteiger partial charge in [-0.1, -0.05) is 27.5 Å². The smallest absolute Gasteiger partial charge is 0.339 e. The summed E-state index contributed by atoms with van der Waals surface area (Å²) < 4.78 is 32.9. The van der Waals surface area contributed by atoms with Crippen molar-refractivity contribution in [2.24, 2.45) is 0 Å². The van der Waals surface area contributed by atoms with E-state index in [4.69, 9.17) is 31.8 Å². The number of carbonyl (C=O) groups is 1. The van der Waals surface area contributed by atoms with Gasteiger partial charge in [0.2, 0.25) is 0 Å². The molecule has 112 valence electrons. The van der Waals surface area contributed by atoms with E-state index in [1.54, 1.807) is 0 Å². The lowest BCUT2D eigenvalue weighted by molar-refractivity contribution is 0.0468. The summed E-state index contributed by atoms with van der Waals surface area (Å²) in [6.07, 6.45) is 0.522. The second kappa shape index (κ2) is 7.61. The SMILES string of the molecule is COCCCOC(=O)c1cc(Br)cc(S(=O)(=O)Cl)c1Cl. The van der Waals surface area contributed by atoms with E-state index in [0.717, 1.165) is 0 Å². The molecule has 0 atom stereocenters. The van der Waals surface area contributed by atoms with Gasteiger partial charge in [0, 0.05) is 35.3 Å². The predicted molar refractivity (Wildman–Crippen MR) is 79.0 cm³/mol. The third kappa shape index (κ3) is 4.89. The summed E-state index contributed by atoms with van der Waals surface area (Å²) in [5.41, 5.74) is -0.0716. The summed E-state index contributed by atoms with van der Waals surface area (Å²) in [5.74, 6) is -0.728. The molecule has 1 rings (SSSR count). The highest BCUT2D eigenvalue weighted by atomic mass is 79.9. The molecule has 0 aromatic heterocycles. The molecular formula is C11H11BrCl2O5S. The minimum Gasteiger partial charge on any atom is -0.462 e. The van der Waals surface area contributed by atoms with E-state index in [0.29, 0.717) is 17.5 Å². The molecule has 0 saturated carbocycles. The number of esters is 1. The number of halogens is 3. The molecule has 0 unspecified atom stereocenters. The monoisotopic (exact) mass is 404 g/mol. The quantitative estimate of drug-likeness (QED) is 0.412. The Morgan fingerprint density at radius 3 is 2.55 bits per heavy atom. The van der Waals surface area contributed by atoms with Crippen molar-refractivity contribution < 1.29 is 22.7 Å². The Morgan fingerprint density at radius 1 is 1.35 bits per heavy atom. The Kier molecular flexibility index (Phi) is 6.74. The number of hydrogen-bond donors (Lipinski definition) is 0. The minimum absolute atomic E-state index is 0.0716. The lowest BCUT2D eigenvalue weighted by Crippen LogP contribution is -2.10. The molecule has 1 aromatic rings. The van der Waals surface area contributed by atoms with E-state index in [1.165, 1.54) is 19.2 Å². The van der Waals surface area contributed by atoms with E-state index in [2.05, 4.69) is 15.9 Å². The summed E-state index contributed by atoms with van der Waals surface area (Å²) in [6.45, 7) is 0.583. The van der Waals surface area contributed by atoms with Gasteiger partial charge in [-0.05, 0) is 12.1 Å². The number of methoxy groups -OCH3 is 1. The third-order valence-electron chi connectivity index (χ3n) is 2.21. The second-order valence-corrected chi connectivity index (χ2v) is 7.51. The van der Waals surface area contributed by atoms with E-state index < -0.39 is 15.0 Å². The molecule has 5 nitrogen and oxygen atoms in total. The van der Waals surface area contributed by atoms with Gasteiger partial charge in [0.05, 0.1) is 17.2 Å². The Balaban J connectivity index is 3.01. The second-order valence-electron chi connectivity index (χ2n) is 3.69. The van der Waals surface area contributed by atoms with Crippen LogP contribution < -0.4 is 0 Å². The number of benzene rings is 1. The van der Waals surface area contributed by atoms with Gasteiger partial charge in [-0.25, -0.2) is 13.2 Å². The van der Waals surface area contributed by atoms with E-state index in [-0.39, 0.29) is 22.1 Å². The zero-order valence-corrected chi connectivity index (χ0v) is 14.3. The van der Waals surface area contributed by atoms with Crippen LogP contribution in [0.15, 0.2) is 21.5 Å². The van der Waals surface area contributed by atoms with Crippen LogP contribution in [0.3, 0.4) is 0 Å². The number of ether oxygens (including phenoxy) is 2. The Hall–Kier alpha value is -0.340. The van der Waals surface area contributed by atoms with Crippen LogP contribution in [-0.4, -0.2) is 34.7 Å². The van der Waals surface area contributed by atoms with Gasteiger partial charge >= 0.3 is 5.97 Å². The topological polar surface area (TPSA) is 69.7 Å². The average Bonchev–Trinajstić information content (AvgIpc) is 2.35. The van der Waals surface area contributed by atoms with Gasteiger partial charge < -0.3 is 9.47 Å². The minimum atomic E-state index is -4.06. The molecule has 0 aliphatic carbocycles. The van der Waals surface area contributed by atoms with Crippen LogP contribution in [-0.2, 0) is 18.5 Å². The molecule has 0 spiro atoms. The van der Waals surface area contributed by atoms with Gasteiger partial charge in [-0.2, -0.15) is 0 Å². The van der Waals surface area contributed by atoms with Crippen molar-refractivity contribution in [2.45, 2.75) is 11.3 Å². The van der Waals surface area contributed by atoms with Gasteiger partial charge in [0.15, 0.2) is 0 Å². The Labute approximate surface area is 134 Å². The standard InChI is InChI=1S/C11H11BrCl2O5S/c1-18-3-2-4-19-11(15)8-5-7(12)6-9(10(8)13)20(14,16)17/h5-6H,2-4H2,1H3. The van der Waals surface area contributed by atoms with E-state index in [1.807, 2.05) is 0 Å². The van der Waals surface area contributed by atoms with Crippen LogP contribution in [0.5, 0.6) is 0 Å². The normalized spacial score (nSPS) is 11.4. The van der Waals surface area contributed by atoms with E-state index in [9.17, 15) is 13.2 Å². The average molecular weight is 406 g/mol. The van der Waals surface area contributed by atoms with Crippen LogP contribution in [0.2, 0.25) is 5.02 Å².